The molecule has 0 saturated carbocycles. The molecule has 0 amide bonds. The molecule has 0 aromatic rings. The Morgan fingerprint density at radius 2 is 2.54 bits per heavy atom. The van der Waals surface area contributed by atoms with Crippen molar-refractivity contribution in [3.05, 3.63) is 23.4 Å². The molecule has 13 heavy (non-hydrogen) atoms. The molecule has 2 aliphatic rings. The van der Waals surface area contributed by atoms with Crippen LogP contribution in [0.15, 0.2) is 23.4 Å². The Morgan fingerprint density at radius 3 is 3.38 bits per heavy atom. The Hall–Kier alpha value is -1.47. The van der Waals surface area contributed by atoms with E-state index in [4.69, 9.17) is 5.26 Å². The van der Waals surface area contributed by atoms with Crippen molar-refractivity contribution in [2.24, 2.45) is 0 Å². The second kappa shape index (κ2) is 3.50. The highest BCUT2D eigenvalue weighted by Gasteiger charge is 2.18. The summed E-state index contributed by atoms with van der Waals surface area (Å²) in [6.45, 7) is 0.867. The van der Waals surface area contributed by atoms with Crippen LogP contribution in [0.3, 0.4) is 0 Å². The van der Waals surface area contributed by atoms with Gasteiger partial charge in [-0.1, -0.05) is 6.08 Å². The maximum Gasteiger partial charge on any atom is 0.179 e. The lowest BCUT2D eigenvalue weighted by Gasteiger charge is -2.29. The minimum atomic E-state index is -0.119. The van der Waals surface area contributed by atoms with E-state index in [9.17, 15) is 0 Å². The van der Waals surface area contributed by atoms with Crippen molar-refractivity contribution in [1.82, 2.24) is 16.0 Å². The molecule has 3 N–H and O–H groups in total. The van der Waals surface area contributed by atoms with E-state index in [1.54, 1.807) is 0 Å². The molecular weight excluding hydrogens is 164 g/mol. The van der Waals surface area contributed by atoms with Gasteiger partial charge in [0.25, 0.3) is 0 Å². The average molecular weight is 176 g/mol. The molecule has 1 aliphatic heterocycles. The van der Waals surface area contributed by atoms with Gasteiger partial charge in [-0.05, 0) is 24.5 Å². The average Bonchev–Trinajstić information content (AvgIpc) is 2.18. The minimum absolute atomic E-state index is 0.119. The highest BCUT2D eigenvalue weighted by atomic mass is 15.3. The summed E-state index contributed by atoms with van der Waals surface area (Å²) in [4.78, 5) is 0. The van der Waals surface area contributed by atoms with Crippen LogP contribution in [0.2, 0.25) is 0 Å². The van der Waals surface area contributed by atoms with Gasteiger partial charge in [-0.2, -0.15) is 5.26 Å². The monoisotopic (exact) mass is 176 g/mol. The van der Waals surface area contributed by atoms with Gasteiger partial charge in [0.2, 0.25) is 0 Å². The van der Waals surface area contributed by atoms with Gasteiger partial charge < -0.3 is 5.32 Å². The van der Waals surface area contributed by atoms with E-state index in [0.717, 1.165) is 25.1 Å². The van der Waals surface area contributed by atoms with Crippen LogP contribution >= 0.6 is 0 Å². The highest BCUT2D eigenvalue weighted by Crippen LogP contribution is 2.18. The van der Waals surface area contributed by atoms with Crippen LogP contribution in [-0.4, -0.2) is 12.8 Å². The minimum Gasteiger partial charge on any atom is -0.353 e. The summed E-state index contributed by atoms with van der Waals surface area (Å²) >= 11 is 0. The Bertz CT molecular complexity index is 297. The van der Waals surface area contributed by atoms with Crippen molar-refractivity contribution in [1.29, 1.82) is 5.26 Å². The molecule has 0 radical (unpaired) electrons. The topological polar surface area (TPSA) is 59.9 Å². The molecule has 68 valence electrons. The summed E-state index contributed by atoms with van der Waals surface area (Å²) < 4.78 is 0. The van der Waals surface area contributed by atoms with Crippen molar-refractivity contribution in [2.45, 2.75) is 19.1 Å². The van der Waals surface area contributed by atoms with E-state index < -0.39 is 0 Å². The standard InChI is InChI=1S/C9H12N4/c10-6-12-9-11-5-7-3-1-2-4-8(7)13-9/h2,4,9,11-13H,1,3,5H2. The normalized spacial score (nSPS) is 25.9. The fraction of sp³-hybridized carbons (Fsp3) is 0.444. The van der Waals surface area contributed by atoms with Crippen LogP contribution in [0.5, 0.6) is 0 Å². The molecule has 4 heteroatoms. The summed E-state index contributed by atoms with van der Waals surface area (Å²) in [6.07, 6.45) is 8.27. The predicted octanol–water partition coefficient (Wildman–Crippen LogP) is 0.138. The van der Waals surface area contributed by atoms with Crippen molar-refractivity contribution in [2.75, 3.05) is 6.54 Å². The maximum absolute atomic E-state index is 8.44. The van der Waals surface area contributed by atoms with E-state index in [2.05, 4.69) is 28.1 Å². The van der Waals surface area contributed by atoms with Crippen LogP contribution in [-0.2, 0) is 0 Å². The number of nitrogens with zero attached hydrogens (tertiary/aromatic N) is 1. The third-order valence-electron chi connectivity index (χ3n) is 2.31. The van der Waals surface area contributed by atoms with Crippen LogP contribution < -0.4 is 16.0 Å². The van der Waals surface area contributed by atoms with E-state index in [-0.39, 0.29) is 6.29 Å². The van der Waals surface area contributed by atoms with E-state index in [1.165, 1.54) is 5.57 Å². The molecule has 0 saturated heterocycles. The van der Waals surface area contributed by atoms with Crippen LogP contribution in [0.25, 0.3) is 0 Å². The molecule has 1 atom stereocenters. The number of rotatable bonds is 1. The molecule has 1 heterocycles. The fourth-order valence-electron chi connectivity index (χ4n) is 1.63. The Kier molecular flexibility index (Phi) is 2.19. The quantitative estimate of drug-likeness (QED) is 0.393. The zero-order valence-electron chi connectivity index (χ0n) is 7.30. The smallest absolute Gasteiger partial charge is 0.179 e. The first-order chi connectivity index (χ1) is 6.40. The molecule has 0 aromatic heterocycles. The molecule has 0 aromatic carbocycles. The van der Waals surface area contributed by atoms with Crippen molar-refractivity contribution in [3.63, 3.8) is 0 Å². The van der Waals surface area contributed by atoms with Gasteiger partial charge in [-0.15, -0.1) is 0 Å². The SMILES string of the molecule is N#CNC1NCC2=C(C=CCC2)N1. The number of hydrogen-bond donors (Lipinski definition) is 3. The summed E-state index contributed by atoms with van der Waals surface area (Å²) in [5, 5.41) is 17.5. The third kappa shape index (κ3) is 1.65. The van der Waals surface area contributed by atoms with Gasteiger partial charge in [0.05, 0.1) is 0 Å². The van der Waals surface area contributed by atoms with Gasteiger partial charge in [0.1, 0.15) is 0 Å². The number of nitrogens with one attached hydrogen (secondary N) is 3. The molecule has 0 bridgehead atoms. The van der Waals surface area contributed by atoms with Crippen LogP contribution in [0.1, 0.15) is 12.8 Å². The Labute approximate surface area is 77.3 Å². The number of allylic oxidation sites excluding steroid dienone is 2. The second-order valence-corrected chi connectivity index (χ2v) is 3.17. The van der Waals surface area contributed by atoms with Crippen LogP contribution in [0.4, 0.5) is 0 Å². The van der Waals surface area contributed by atoms with E-state index >= 15 is 0 Å². The largest absolute Gasteiger partial charge is 0.353 e. The van der Waals surface area contributed by atoms with Gasteiger partial charge in [0, 0.05) is 12.2 Å². The molecule has 4 nitrogen and oxygen atoms in total. The third-order valence-corrected chi connectivity index (χ3v) is 2.31. The maximum atomic E-state index is 8.44. The van der Waals surface area contributed by atoms with Crippen molar-refractivity contribution in [3.8, 4) is 6.19 Å². The predicted molar refractivity (Wildman–Crippen MR) is 49.1 cm³/mol. The van der Waals surface area contributed by atoms with Crippen LogP contribution in [0, 0.1) is 11.5 Å². The van der Waals surface area contributed by atoms with Gasteiger partial charge >= 0.3 is 0 Å². The first kappa shape index (κ1) is 8.14. The molecule has 1 aliphatic carbocycles. The first-order valence-corrected chi connectivity index (χ1v) is 4.43. The number of hydrogen-bond acceptors (Lipinski definition) is 4. The fourth-order valence-corrected chi connectivity index (χ4v) is 1.63. The molecule has 1 unspecified atom stereocenters. The lowest BCUT2D eigenvalue weighted by Crippen LogP contribution is -2.54. The van der Waals surface area contributed by atoms with E-state index in [0.29, 0.717) is 0 Å². The molecule has 0 spiro atoms. The molecule has 0 fully saturated rings. The van der Waals surface area contributed by atoms with Crippen molar-refractivity contribution < 1.29 is 0 Å². The van der Waals surface area contributed by atoms with Gasteiger partial charge in [-0.25, -0.2) is 0 Å². The van der Waals surface area contributed by atoms with Gasteiger partial charge in [-0.3, -0.25) is 10.6 Å². The molecular formula is C9H12N4. The van der Waals surface area contributed by atoms with Crippen molar-refractivity contribution >= 4 is 0 Å². The lowest BCUT2D eigenvalue weighted by molar-refractivity contribution is 0.415. The zero-order chi connectivity index (χ0) is 9.10. The lowest BCUT2D eigenvalue weighted by atomic mass is 10.0. The van der Waals surface area contributed by atoms with E-state index in [1.807, 2.05) is 6.19 Å². The zero-order valence-corrected chi connectivity index (χ0v) is 7.30. The summed E-state index contributed by atoms with van der Waals surface area (Å²) in [5.41, 5.74) is 2.57. The Balaban J connectivity index is 2.06. The summed E-state index contributed by atoms with van der Waals surface area (Å²) in [6, 6.07) is 0. The first-order valence-electron chi connectivity index (χ1n) is 4.43. The summed E-state index contributed by atoms with van der Waals surface area (Å²) in [5.74, 6) is 0. The highest BCUT2D eigenvalue weighted by molar-refractivity contribution is 5.31. The summed E-state index contributed by atoms with van der Waals surface area (Å²) in [7, 11) is 0. The number of nitriles is 1. The molecule has 2 rings (SSSR count). The second-order valence-electron chi connectivity index (χ2n) is 3.17. The Morgan fingerprint density at radius 1 is 1.62 bits per heavy atom. The van der Waals surface area contributed by atoms with Gasteiger partial charge in [0.15, 0.2) is 12.5 Å².